The second-order valence-corrected chi connectivity index (χ2v) is 3.56. The van der Waals surface area contributed by atoms with Crippen molar-refractivity contribution in [1.82, 2.24) is 0 Å². The molecule has 1 saturated heterocycles. The third kappa shape index (κ3) is 1.63. The van der Waals surface area contributed by atoms with E-state index in [1.54, 1.807) is 0 Å². The van der Waals surface area contributed by atoms with Gasteiger partial charge in [0.15, 0.2) is 6.10 Å². The molecule has 1 aliphatic rings. The monoisotopic (exact) mass is 192 g/mol. The zero-order chi connectivity index (χ0) is 10.1. The van der Waals surface area contributed by atoms with E-state index in [9.17, 15) is 4.79 Å². The van der Waals surface area contributed by atoms with E-state index in [1.807, 2.05) is 37.3 Å². The number of aliphatic carboxylic acids is 1. The molecule has 0 bridgehead atoms. The quantitative estimate of drug-likeness (QED) is 0.740. The van der Waals surface area contributed by atoms with Gasteiger partial charge in [0.2, 0.25) is 0 Å². The van der Waals surface area contributed by atoms with Crippen LogP contribution >= 0.6 is 0 Å². The Bertz CT molecular complexity index is 334. The van der Waals surface area contributed by atoms with E-state index >= 15 is 0 Å². The molecule has 2 rings (SSSR count). The molecule has 1 aromatic rings. The summed E-state index contributed by atoms with van der Waals surface area (Å²) in [6, 6.07) is 9.82. The van der Waals surface area contributed by atoms with E-state index in [-0.39, 0.29) is 12.0 Å². The molecule has 0 aromatic heterocycles. The summed E-state index contributed by atoms with van der Waals surface area (Å²) < 4.78 is 5.10. The molecule has 14 heavy (non-hydrogen) atoms. The summed E-state index contributed by atoms with van der Waals surface area (Å²) in [6.45, 7) is 1.99. The maximum atomic E-state index is 10.6. The highest BCUT2D eigenvalue weighted by molar-refractivity contribution is 5.76. The number of rotatable bonds is 3. The normalized spacial score (nSPS) is 26.9. The first kappa shape index (κ1) is 9.21. The van der Waals surface area contributed by atoms with Gasteiger partial charge >= 0.3 is 5.97 Å². The summed E-state index contributed by atoms with van der Waals surface area (Å²) in [7, 11) is 0. The van der Waals surface area contributed by atoms with E-state index in [1.165, 1.54) is 0 Å². The van der Waals surface area contributed by atoms with Crippen molar-refractivity contribution in [3.63, 3.8) is 0 Å². The maximum Gasteiger partial charge on any atom is 0.335 e. The van der Waals surface area contributed by atoms with Crippen LogP contribution in [0, 0.1) is 0 Å². The average molecular weight is 192 g/mol. The van der Waals surface area contributed by atoms with Crippen molar-refractivity contribution in [3.8, 4) is 0 Å². The van der Waals surface area contributed by atoms with Crippen molar-refractivity contribution in [3.05, 3.63) is 35.9 Å². The van der Waals surface area contributed by atoms with Gasteiger partial charge in [0.05, 0.1) is 0 Å². The first-order valence-electron chi connectivity index (χ1n) is 4.63. The lowest BCUT2D eigenvalue weighted by atomic mass is 9.96. The average Bonchev–Trinajstić information content (AvgIpc) is 2.97. The van der Waals surface area contributed by atoms with Gasteiger partial charge in [0.1, 0.15) is 6.10 Å². The molecule has 1 aromatic carbocycles. The lowest BCUT2D eigenvalue weighted by Gasteiger charge is -2.07. The molecule has 0 aliphatic carbocycles. The number of carboxylic acids is 1. The van der Waals surface area contributed by atoms with Crippen molar-refractivity contribution in [2.24, 2.45) is 0 Å². The summed E-state index contributed by atoms with van der Waals surface area (Å²) in [5, 5.41) is 8.69. The lowest BCUT2D eigenvalue weighted by Crippen LogP contribution is -2.12. The lowest BCUT2D eigenvalue weighted by molar-refractivity contribution is -0.138. The fourth-order valence-electron chi connectivity index (χ4n) is 1.65. The molecule has 1 fully saturated rings. The smallest absolute Gasteiger partial charge is 0.335 e. The molecule has 1 aliphatic heterocycles. The Kier molecular flexibility index (Phi) is 2.25. The molecule has 0 amide bonds. The Morgan fingerprint density at radius 2 is 2.07 bits per heavy atom. The molecular weight excluding hydrogens is 180 g/mol. The van der Waals surface area contributed by atoms with E-state index in [4.69, 9.17) is 9.84 Å². The van der Waals surface area contributed by atoms with Crippen LogP contribution in [0.15, 0.2) is 30.3 Å². The Morgan fingerprint density at radius 3 is 2.57 bits per heavy atom. The Balaban J connectivity index is 2.05. The van der Waals surface area contributed by atoms with Gasteiger partial charge < -0.3 is 9.84 Å². The van der Waals surface area contributed by atoms with Crippen molar-refractivity contribution >= 4 is 5.97 Å². The van der Waals surface area contributed by atoms with Crippen molar-refractivity contribution < 1.29 is 14.6 Å². The minimum Gasteiger partial charge on any atom is -0.479 e. The zero-order valence-corrected chi connectivity index (χ0v) is 7.88. The standard InChI is InChI=1S/C11H12O3/c1-7(8-5-3-2-4-6-8)9-10(14-9)11(12)13/h2-7,9-10H,1H3,(H,12,13). The molecule has 3 heteroatoms. The van der Waals surface area contributed by atoms with E-state index in [0.717, 1.165) is 5.56 Å². The number of benzene rings is 1. The van der Waals surface area contributed by atoms with Crippen LogP contribution in [0.3, 0.4) is 0 Å². The predicted molar refractivity (Wildman–Crippen MR) is 51.2 cm³/mol. The van der Waals surface area contributed by atoms with Crippen LogP contribution in [0.2, 0.25) is 0 Å². The highest BCUT2D eigenvalue weighted by Crippen LogP contribution is 2.35. The van der Waals surface area contributed by atoms with Crippen molar-refractivity contribution in [2.45, 2.75) is 25.0 Å². The second-order valence-electron chi connectivity index (χ2n) is 3.56. The number of ether oxygens (including phenoxy) is 1. The summed E-state index contributed by atoms with van der Waals surface area (Å²) in [4.78, 5) is 10.6. The minimum atomic E-state index is -0.863. The first-order valence-corrected chi connectivity index (χ1v) is 4.63. The van der Waals surface area contributed by atoms with Crippen LogP contribution in [0.25, 0.3) is 0 Å². The fourth-order valence-corrected chi connectivity index (χ4v) is 1.65. The Morgan fingerprint density at radius 1 is 1.43 bits per heavy atom. The van der Waals surface area contributed by atoms with Crippen LogP contribution < -0.4 is 0 Å². The second kappa shape index (κ2) is 3.42. The van der Waals surface area contributed by atoms with Crippen LogP contribution in [-0.2, 0) is 9.53 Å². The molecule has 0 saturated carbocycles. The molecular formula is C11H12O3. The molecule has 0 spiro atoms. The zero-order valence-electron chi connectivity index (χ0n) is 7.88. The van der Waals surface area contributed by atoms with Crippen LogP contribution in [-0.4, -0.2) is 23.3 Å². The van der Waals surface area contributed by atoms with Gasteiger partial charge in [0.25, 0.3) is 0 Å². The van der Waals surface area contributed by atoms with Gasteiger partial charge in [-0.3, -0.25) is 0 Å². The van der Waals surface area contributed by atoms with Gasteiger partial charge in [-0.25, -0.2) is 4.79 Å². The largest absolute Gasteiger partial charge is 0.479 e. The number of epoxide rings is 1. The third-order valence-electron chi connectivity index (χ3n) is 2.59. The molecule has 1 heterocycles. The predicted octanol–water partition coefficient (Wildman–Crippen LogP) is 1.64. The summed E-state index contributed by atoms with van der Waals surface area (Å²) >= 11 is 0. The highest BCUT2D eigenvalue weighted by Gasteiger charge is 2.48. The van der Waals surface area contributed by atoms with Gasteiger partial charge in [0, 0.05) is 5.92 Å². The van der Waals surface area contributed by atoms with Crippen molar-refractivity contribution in [2.75, 3.05) is 0 Å². The molecule has 74 valence electrons. The van der Waals surface area contributed by atoms with Gasteiger partial charge in [-0.1, -0.05) is 37.3 Å². The van der Waals surface area contributed by atoms with E-state index < -0.39 is 12.1 Å². The van der Waals surface area contributed by atoms with Crippen LogP contribution in [0.5, 0.6) is 0 Å². The molecule has 3 nitrogen and oxygen atoms in total. The van der Waals surface area contributed by atoms with Crippen molar-refractivity contribution in [1.29, 1.82) is 0 Å². The Hall–Kier alpha value is -1.35. The van der Waals surface area contributed by atoms with Crippen LogP contribution in [0.1, 0.15) is 18.4 Å². The summed E-state index contributed by atoms with van der Waals surface area (Å²) in [6.07, 6.45) is -0.764. The third-order valence-corrected chi connectivity index (χ3v) is 2.59. The summed E-state index contributed by atoms with van der Waals surface area (Å²) in [5.41, 5.74) is 1.13. The van der Waals surface area contributed by atoms with Gasteiger partial charge in [-0.2, -0.15) is 0 Å². The highest BCUT2D eigenvalue weighted by atomic mass is 16.6. The van der Waals surface area contributed by atoms with E-state index in [0.29, 0.717) is 0 Å². The number of carboxylic acid groups (broad SMARTS) is 1. The maximum absolute atomic E-state index is 10.6. The van der Waals surface area contributed by atoms with Gasteiger partial charge in [-0.05, 0) is 5.56 Å². The number of carbonyl (C=O) groups is 1. The number of hydrogen-bond donors (Lipinski definition) is 1. The fraction of sp³-hybridized carbons (Fsp3) is 0.364. The molecule has 3 unspecified atom stereocenters. The van der Waals surface area contributed by atoms with Crippen LogP contribution in [0.4, 0.5) is 0 Å². The topological polar surface area (TPSA) is 49.8 Å². The SMILES string of the molecule is CC(c1ccccc1)C1OC1C(=O)O. The number of hydrogen-bond acceptors (Lipinski definition) is 2. The Labute approximate surface area is 82.3 Å². The first-order chi connectivity index (χ1) is 6.70. The molecule has 3 atom stereocenters. The minimum absolute atomic E-state index is 0.150. The van der Waals surface area contributed by atoms with E-state index in [2.05, 4.69) is 0 Å². The molecule has 1 N–H and O–H groups in total. The molecule has 0 radical (unpaired) electrons. The van der Waals surface area contributed by atoms with Gasteiger partial charge in [-0.15, -0.1) is 0 Å². The summed E-state index contributed by atoms with van der Waals surface area (Å²) in [5.74, 6) is -0.713.